The average Bonchev–Trinajstić information content (AvgIpc) is 2.89. The zero-order valence-electron chi connectivity index (χ0n) is 13.1. The van der Waals surface area contributed by atoms with Crippen molar-refractivity contribution in [2.75, 3.05) is 7.11 Å². The first-order chi connectivity index (χ1) is 10.4. The largest absolute Gasteiger partial charge is 0.481 e. The van der Waals surface area contributed by atoms with Crippen LogP contribution in [0.15, 0.2) is 0 Å². The molecule has 1 heterocycles. The number of hydrogen-bond donors (Lipinski definition) is 2. The fourth-order valence-corrected chi connectivity index (χ4v) is 3.64. The average molecular weight is 326 g/mol. The molecule has 22 heavy (non-hydrogen) atoms. The van der Waals surface area contributed by atoms with Crippen LogP contribution in [0.4, 0.5) is 0 Å². The normalized spacial score (nSPS) is 23.0. The van der Waals surface area contributed by atoms with Gasteiger partial charge in [0.1, 0.15) is 16.0 Å². The van der Waals surface area contributed by atoms with E-state index in [1.807, 2.05) is 13.8 Å². The lowest BCUT2D eigenvalue weighted by Crippen LogP contribution is -2.38. The van der Waals surface area contributed by atoms with Gasteiger partial charge in [-0.3, -0.25) is 9.59 Å². The summed E-state index contributed by atoms with van der Waals surface area (Å²) >= 11 is 1.35. The predicted molar refractivity (Wildman–Crippen MR) is 83.1 cm³/mol. The number of ether oxygens (including phenoxy) is 1. The number of carbonyl (C=O) groups excluding carboxylic acids is 1. The third kappa shape index (κ3) is 3.84. The second kappa shape index (κ2) is 7.19. The monoisotopic (exact) mass is 326 g/mol. The fourth-order valence-electron chi connectivity index (χ4n) is 2.64. The second-order valence-corrected chi connectivity index (χ2v) is 6.74. The number of amides is 1. The summed E-state index contributed by atoms with van der Waals surface area (Å²) in [6, 6.07) is 0.0490. The van der Waals surface area contributed by atoms with Crippen LogP contribution in [0.1, 0.15) is 59.1 Å². The van der Waals surface area contributed by atoms with Gasteiger partial charge >= 0.3 is 5.97 Å². The predicted octanol–water partition coefficient (Wildman–Crippen LogP) is 2.53. The molecule has 1 aromatic heterocycles. The van der Waals surface area contributed by atoms with Gasteiger partial charge in [0.05, 0.1) is 11.6 Å². The maximum atomic E-state index is 12.4. The Hall–Kier alpha value is -1.47. The van der Waals surface area contributed by atoms with Crippen molar-refractivity contribution < 1.29 is 19.4 Å². The molecule has 1 unspecified atom stereocenters. The molecule has 0 radical (unpaired) electrons. The van der Waals surface area contributed by atoms with Crippen molar-refractivity contribution in [3.8, 4) is 0 Å². The molecule has 1 aromatic rings. The van der Waals surface area contributed by atoms with Gasteiger partial charge in [-0.05, 0) is 39.5 Å². The van der Waals surface area contributed by atoms with Crippen LogP contribution in [0.2, 0.25) is 0 Å². The molecule has 122 valence electrons. The van der Waals surface area contributed by atoms with Crippen LogP contribution in [0.3, 0.4) is 0 Å². The van der Waals surface area contributed by atoms with E-state index in [1.54, 1.807) is 7.11 Å². The number of rotatable bonds is 5. The van der Waals surface area contributed by atoms with Crippen LogP contribution >= 0.6 is 11.3 Å². The van der Waals surface area contributed by atoms with E-state index in [4.69, 9.17) is 9.84 Å². The second-order valence-electron chi connectivity index (χ2n) is 5.70. The Bertz CT molecular complexity index is 550. The number of nitrogens with zero attached hydrogens (tertiary/aromatic N) is 1. The minimum atomic E-state index is -0.735. The molecule has 1 saturated carbocycles. The van der Waals surface area contributed by atoms with E-state index in [-0.39, 0.29) is 24.0 Å². The van der Waals surface area contributed by atoms with Crippen molar-refractivity contribution in [1.82, 2.24) is 10.3 Å². The summed E-state index contributed by atoms with van der Waals surface area (Å²) in [7, 11) is 1.61. The number of aryl methyl sites for hydroxylation is 1. The highest BCUT2D eigenvalue weighted by atomic mass is 32.1. The number of hydrogen-bond acceptors (Lipinski definition) is 5. The van der Waals surface area contributed by atoms with Gasteiger partial charge in [-0.25, -0.2) is 4.98 Å². The number of methoxy groups -OCH3 is 1. The van der Waals surface area contributed by atoms with Crippen molar-refractivity contribution >= 4 is 23.2 Å². The number of nitrogens with one attached hydrogen (secondary N) is 1. The molecule has 0 spiro atoms. The minimum Gasteiger partial charge on any atom is -0.481 e. The molecular weight excluding hydrogens is 304 g/mol. The first kappa shape index (κ1) is 16.9. The van der Waals surface area contributed by atoms with Gasteiger partial charge in [-0.15, -0.1) is 11.3 Å². The SMILES string of the molecule is COC(C)c1nc(C)c(C(=O)NC2CCC(C(=O)O)CC2)s1. The number of carboxylic acids is 1. The van der Waals surface area contributed by atoms with E-state index in [1.165, 1.54) is 11.3 Å². The third-order valence-electron chi connectivity index (χ3n) is 4.13. The molecule has 2 rings (SSSR count). The zero-order chi connectivity index (χ0) is 16.3. The summed E-state index contributed by atoms with van der Waals surface area (Å²) in [6.45, 7) is 3.71. The van der Waals surface area contributed by atoms with Gasteiger partial charge in [0.15, 0.2) is 0 Å². The first-order valence-corrected chi connectivity index (χ1v) is 8.27. The van der Waals surface area contributed by atoms with Gasteiger partial charge in [-0.1, -0.05) is 0 Å². The van der Waals surface area contributed by atoms with Gasteiger partial charge in [-0.2, -0.15) is 0 Å². The number of aliphatic carboxylic acids is 1. The highest BCUT2D eigenvalue weighted by molar-refractivity contribution is 7.13. The van der Waals surface area contributed by atoms with E-state index < -0.39 is 5.97 Å². The molecule has 2 N–H and O–H groups in total. The van der Waals surface area contributed by atoms with E-state index in [9.17, 15) is 9.59 Å². The Kier molecular flexibility index (Phi) is 5.52. The quantitative estimate of drug-likeness (QED) is 0.868. The van der Waals surface area contributed by atoms with Gasteiger partial charge < -0.3 is 15.2 Å². The lowest BCUT2D eigenvalue weighted by molar-refractivity contribution is -0.142. The van der Waals surface area contributed by atoms with Gasteiger partial charge in [0, 0.05) is 13.2 Å². The Morgan fingerprint density at radius 2 is 2.00 bits per heavy atom. The van der Waals surface area contributed by atoms with E-state index in [0.717, 1.165) is 5.01 Å². The highest BCUT2D eigenvalue weighted by Gasteiger charge is 2.28. The molecule has 1 atom stereocenters. The number of carbonyl (C=O) groups is 2. The lowest BCUT2D eigenvalue weighted by Gasteiger charge is -2.26. The Morgan fingerprint density at radius 1 is 1.36 bits per heavy atom. The number of aromatic nitrogens is 1. The minimum absolute atomic E-state index is 0.0490. The van der Waals surface area contributed by atoms with Crippen LogP contribution in [0.25, 0.3) is 0 Å². The molecule has 0 aliphatic heterocycles. The zero-order valence-corrected chi connectivity index (χ0v) is 13.9. The Labute approximate surface area is 133 Å². The maximum absolute atomic E-state index is 12.4. The topological polar surface area (TPSA) is 88.5 Å². The summed E-state index contributed by atoms with van der Waals surface area (Å²) in [5.74, 6) is -1.13. The smallest absolute Gasteiger partial charge is 0.306 e. The summed E-state index contributed by atoms with van der Waals surface area (Å²) in [4.78, 5) is 28.3. The van der Waals surface area contributed by atoms with Crippen molar-refractivity contribution in [2.45, 2.75) is 51.7 Å². The van der Waals surface area contributed by atoms with Crippen molar-refractivity contribution in [2.24, 2.45) is 5.92 Å². The van der Waals surface area contributed by atoms with E-state index >= 15 is 0 Å². The van der Waals surface area contributed by atoms with Crippen LogP contribution in [0, 0.1) is 12.8 Å². The lowest BCUT2D eigenvalue weighted by atomic mass is 9.86. The molecule has 0 bridgehead atoms. The molecular formula is C15H22N2O4S. The molecule has 0 saturated heterocycles. The first-order valence-electron chi connectivity index (χ1n) is 7.46. The molecule has 1 aliphatic rings. The number of carboxylic acid groups (broad SMARTS) is 1. The molecule has 0 aromatic carbocycles. The van der Waals surface area contributed by atoms with Crippen LogP contribution in [0.5, 0.6) is 0 Å². The van der Waals surface area contributed by atoms with Crippen LogP contribution < -0.4 is 5.32 Å². The molecule has 1 fully saturated rings. The summed E-state index contributed by atoms with van der Waals surface area (Å²) in [5, 5.41) is 12.8. The highest BCUT2D eigenvalue weighted by Crippen LogP contribution is 2.27. The standard InChI is InChI=1S/C15H22N2O4S/c1-8-12(22-14(16-8)9(2)21-3)13(18)17-11-6-4-10(5-7-11)15(19)20/h9-11H,4-7H2,1-3H3,(H,17,18)(H,19,20). The number of thiazole rings is 1. The van der Waals surface area contributed by atoms with Gasteiger partial charge in [0.2, 0.25) is 0 Å². The maximum Gasteiger partial charge on any atom is 0.306 e. The van der Waals surface area contributed by atoms with E-state index in [2.05, 4.69) is 10.3 Å². The van der Waals surface area contributed by atoms with Crippen molar-refractivity contribution in [1.29, 1.82) is 0 Å². The van der Waals surface area contributed by atoms with Crippen molar-refractivity contribution in [3.05, 3.63) is 15.6 Å². The fraction of sp³-hybridized carbons (Fsp3) is 0.667. The summed E-state index contributed by atoms with van der Waals surface area (Å²) in [5.41, 5.74) is 0.709. The third-order valence-corrected chi connectivity index (χ3v) is 5.45. The molecule has 6 nitrogen and oxygen atoms in total. The summed E-state index contributed by atoms with van der Waals surface area (Å²) < 4.78 is 5.23. The van der Waals surface area contributed by atoms with E-state index in [0.29, 0.717) is 36.3 Å². The van der Waals surface area contributed by atoms with Crippen LogP contribution in [-0.4, -0.2) is 35.1 Å². The molecule has 1 amide bonds. The molecule has 7 heteroatoms. The van der Waals surface area contributed by atoms with Crippen molar-refractivity contribution in [3.63, 3.8) is 0 Å². The molecule has 1 aliphatic carbocycles. The summed E-state index contributed by atoms with van der Waals surface area (Å²) in [6.07, 6.45) is 2.53. The Balaban J connectivity index is 1.96. The Morgan fingerprint density at radius 3 is 2.55 bits per heavy atom. The van der Waals surface area contributed by atoms with Crippen LogP contribution in [-0.2, 0) is 9.53 Å². The van der Waals surface area contributed by atoms with Gasteiger partial charge in [0.25, 0.3) is 5.91 Å².